The molecule has 0 bridgehead atoms. The van der Waals surface area contributed by atoms with Crippen LogP contribution in [0, 0.1) is 19.7 Å². The average molecular weight is 280 g/mol. The zero-order valence-corrected chi connectivity index (χ0v) is 12.2. The minimum atomic E-state index is -0.175. The average Bonchev–Trinajstić information content (AvgIpc) is 2.48. The summed E-state index contributed by atoms with van der Waals surface area (Å²) in [6, 6.07) is 15.3. The number of nitrogens with zero attached hydrogens (tertiary/aromatic N) is 1. The van der Waals surface area contributed by atoms with Crippen LogP contribution in [0.1, 0.15) is 16.8 Å². The Bertz CT molecular complexity index is 796. The van der Waals surface area contributed by atoms with Gasteiger partial charge in [0.15, 0.2) is 0 Å². The van der Waals surface area contributed by atoms with Crippen LogP contribution < -0.4 is 5.32 Å². The quantitative estimate of drug-likeness (QED) is 0.758. The highest BCUT2D eigenvalue weighted by molar-refractivity contribution is 5.82. The Morgan fingerprint density at radius 1 is 1.05 bits per heavy atom. The third-order valence-electron chi connectivity index (χ3n) is 3.57. The highest BCUT2D eigenvalue weighted by atomic mass is 19.1. The summed E-state index contributed by atoms with van der Waals surface area (Å²) >= 11 is 0. The Hall–Kier alpha value is -2.42. The maximum atomic E-state index is 13.3. The molecule has 0 spiro atoms. The van der Waals surface area contributed by atoms with Crippen molar-refractivity contribution >= 4 is 16.6 Å². The van der Waals surface area contributed by atoms with E-state index in [1.165, 1.54) is 11.6 Å². The van der Waals surface area contributed by atoms with Crippen molar-refractivity contribution in [3.63, 3.8) is 0 Å². The molecule has 21 heavy (non-hydrogen) atoms. The number of aromatic nitrogens is 1. The van der Waals surface area contributed by atoms with E-state index in [0.29, 0.717) is 12.1 Å². The highest BCUT2D eigenvalue weighted by Gasteiger charge is 2.04. The van der Waals surface area contributed by atoms with Crippen molar-refractivity contribution in [1.29, 1.82) is 0 Å². The second kappa shape index (κ2) is 5.52. The van der Waals surface area contributed by atoms with Crippen molar-refractivity contribution in [2.24, 2.45) is 0 Å². The molecular weight excluding hydrogens is 263 g/mol. The number of fused-ring (bicyclic) bond motifs is 1. The molecule has 106 valence electrons. The van der Waals surface area contributed by atoms with Crippen LogP contribution in [0.3, 0.4) is 0 Å². The lowest BCUT2D eigenvalue weighted by Gasteiger charge is -2.11. The van der Waals surface area contributed by atoms with Crippen molar-refractivity contribution in [3.8, 4) is 0 Å². The van der Waals surface area contributed by atoms with Gasteiger partial charge < -0.3 is 5.32 Å². The number of rotatable bonds is 3. The molecule has 0 amide bonds. The molecule has 1 aromatic heterocycles. The van der Waals surface area contributed by atoms with Gasteiger partial charge in [-0.3, -0.25) is 4.98 Å². The van der Waals surface area contributed by atoms with E-state index >= 15 is 0 Å². The van der Waals surface area contributed by atoms with Crippen molar-refractivity contribution in [3.05, 3.63) is 71.2 Å². The predicted octanol–water partition coefficient (Wildman–Crippen LogP) is 4.60. The molecule has 0 unspecified atom stereocenters. The van der Waals surface area contributed by atoms with E-state index in [1.54, 1.807) is 13.0 Å². The molecule has 1 heterocycles. The lowest BCUT2D eigenvalue weighted by Crippen LogP contribution is -2.02. The lowest BCUT2D eigenvalue weighted by molar-refractivity contribution is 0.618. The molecular formula is C18H17FN2. The van der Waals surface area contributed by atoms with Crippen molar-refractivity contribution in [2.75, 3.05) is 5.32 Å². The molecule has 0 saturated heterocycles. The SMILES string of the molecule is Cc1cc(CNc2ccc(F)c(C)c2)c2ccccc2n1. The third kappa shape index (κ3) is 2.87. The van der Waals surface area contributed by atoms with Crippen LogP contribution in [0.5, 0.6) is 0 Å². The topological polar surface area (TPSA) is 24.9 Å². The summed E-state index contributed by atoms with van der Waals surface area (Å²) in [5.41, 5.74) is 4.77. The van der Waals surface area contributed by atoms with E-state index in [2.05, 4.69) is 22.4 Å². The van der Waals surface area contributed by atoms with Crippen LogP contribution in [-0.4, -0.2) is 4.98 Å². The van der Waals surface area contributed by atoms with Gasteiger partial charge in [-0.05, 0) is 55.3 Å². The van der Waals surface area contributed by atoms with Crippen LogP contribution in [0.25, 0.3) is 10.9 Å². The molecule has 0 fully saturated rings. The molecule has 3 heteroatoms. The van der Waals surface area contributed by atoms with E-state index in [4.69, 9.17) is 0 Å². The normalized spacial score (nSPS) is 10.8. The first kappa shape index (κ1) is 13.6. The highest BCUT2D eigenvalue weighted by Crippen LogP contribution is 2.20. The zero-order valence-electron chi connectivity index (χ0n) is 12.2. The molecule has 0 radical (unpaired) electrons. The van der Waals surface area contributed by atoms with Gasteiger partial charge in [0.1, 0.15) is 5.82 Å². The number of halogens is 1. The van der Waals surface area contributed by atoms with Crippen molar-refractivity contribution in [2.45, 2.75) is 20.4 Å². The van der Waals surface area contributed by atoms with E-state index in [0.717, 1.165) is 22.3 Å². The summed E-state index contributed by atoms with van der Waals surface area (Å²) in [4.78, 5) is 4.54. The molecule has 3 aromatic rings. The minimum Gasteiger partial charge on any atom is -0.381 e. The van der Waals surface area contributed by atoms with Crippen LogP contribution in [0.4, 0.5) is 10.1 Å². The second-order valence-electron chi connectivity index (χ2n) is 5.26. The van der Waals surface area contributed by atoms with Crippen LogP contribution in [-0.2, 0) is 6.54 Å². The third-order valence-corrected chi connectivity index (χ3v) is 3.57. The van der Waals surface area contributed by atoms with E-state index < -0.39 is 0 Å². The number of aryl methyl sites for hydroxylation is 2. The Kier molecular flexibility index (Phi) is 3.57. The summed E-state index contributed by atoms with van der Waals surface area (Å²) in [5.74, 6) is -0.175. The molecule has 2 nitrogen and oxygen atoms in total. The fourth-order valence-corrected chi connectivity index (χ4v) is 2.49. The Morgan fingerprint density at radius 3 is 2.67 bits per heavy atom. The standard InChI is InChI=1S/C18H17FN2/c1-12-9-15(7-8-17(12)19)20-11-14-10-13(2)21-18-6-4-3-5-16(14)18/h3-10,20H,11H2,1-2H3. The van der Waals surface area contributed by atoms with Gasteiger partial charge in [0, 0.05) is 23.3 Å². The van der Waals surface area contributed by atoms with Gasteiger partial charge in [0.25, 0.3) is 0 Å². The Morgan fingerprint density at radius 2 is 1.86 bits per heavy atom. The first-order chi connectivity index (χ1) is 10.1. The monoisotopic (exact) mass is 280 g/mol. The summed E-state index contributed by atoms with van der Waals surface area (Å²) in [7, 11) is 0. The van der Waals surface area contributed by atoms with Crippen LogP contribution in [0.15, 0.2) is 48.5 Å². The lowest BCUT2D eigenvalue weighted by atomic mass is 10.1. The number of hydrogen-bond acceptors (Lipinski definition) is 2. The van der Waals surface area contributed by atoms with Crippen LogP contribution in [0.2, 0.25) is 0 Å². The summed E-state index contributed by atoms with van der Waals surface area (Å²) in [6.07, 6.45) is 0. The molecule has 3 rings (SSSR count). The van der Waals surface area contributed by atoms with E-state index in [1.807, 2.05) is 31.2 Å². The molecule has 0 aliphatic heterocycles. The first-order valence-corrected chi connectivity index (χ1v) is 6.99. The van der Waals surface area contributed by atoms with Gasteiger partial charge in [0.2, 0.25) is 0 Å². The smallest absolute Gasteiger partial charge is 0.126 e. The Balaban J connectivity index is 1.89. The number of hydrogen-bond donors (Lipinski definition) is 1. The molecule has 0 aliphatic rings. The van der Waals surface area contributed by atoms with Gasteiger partial charge >= 0.3 is 0 Å². The molecule has 1 N–H and O–H groups in total. The minimum absolute atomic E-state index is 0.175. The first-order valence-electron chi connectivity index (χ1n) is 6.99. The zero-order chi connectivity index (χ0) is 14.8. The van der Waals surface area contributed by atoms with Gasteiger partial charge in [0.05, 0.1) is 5.52 Å². The van der Waals surface area contributed by atoms with E-state index in [-0.39, 0.29) is 5.82 Å². The summed E-state index contributed by atoms with van der Waals surface area (Å²) in [6.45, 7) is 4.46. The number of anilines is 1. The molecule has 0 saturated carbocycles. The van der Waals surface area contributed by atoms with Crippen molar-refractivity contribution < 1.29 is 4.39 Å². The summed E-state index contributed by atoms with van der Waals surface area (Å²) in [5, 5.41) is 4.50. The molecule has 0 aliphatic carbocycles. The van der Waals surface area contributed by atoms with Gasteiger partial charge in [-0.15, -0.1) is 0 Å². The van der Waals surface area contributed by atoms with Gasteiger partial charge in [-0.2, -0.15) is 0 Å². The van der Waals surface area contributed by atoms with Crippen molar-refractivity contribution in [1.82, 2.24) is 4.98 Å². The fourth-order valence-electron chi connectivity index (χ4n) is 2.49. The van der Waals surface area contributed by atoms with Gasteiger partial charge in [-0.1, -0.05) is 18.2 Å². The molecule has 2 aromatic carbocycles. The van der Waals surface area contributed by atoms with Crippen LogP contribution >= 0.6 is 0 Å². The molecule has 0 atom stereocenters. The second-order valence-corrected chi connectivity index (χ2v) is 5.26. The predicted molar refractivity (Wildman–Crippen MR) is 84.9 cm³/mol. The van der Waals surface area contributed by atoms with Gasteiger partial charge in [-0.25, -0.2) is 4.39 Å². The number of benzene rings is 2. The maximum absolute atomic E-state index is 13.3. The Labute approximate surface area is 123 Å². The largest absolute Gasteiger partial charge is 0.381 e. The number of nitrogens with one attached hydrogen (secondary N) is 1. The van der Waals surface area contributed by atoms with E-state index in [9.17, 15) is 4.39 Å². The summed E-state index contributed by atoms with van der Waals surface area (Å²) < 4.78 is 13.3. The maximum Gasteiger partial charge on any atom is 0.126 e. The number of para-hydroxylation sites is 1. The fraction of sp³-hybridized carbons (Fsp3) is 0.167. The number of pyridine rings is 1.